The predicted octanol–water partition coefficient (Wildman–Crippen LogP) is 1.73. The molecule has 0 saturated carbocycles. The molecule has 1 aromatic carbocycles. The first-order chi connectivity index (χ1) is 8.33. The highest BCUT2D eigenvalue weighted by molar-refractivity contribution is 9.10. The van der Waals surface area contributed by atoms with E-state index in [1.807, 2.05) is 13.8 Å². The maximum Gasteiger partial charge on any atom is 0.241 e. The summed E-state index contributed by atoms with van der Waals surface area (Å²) in [6, 6.07) is 4.56. The molecule has 0 amide bonds. The zero-order valence-corrected chi connectivity index (χ0v) is 12.7. The van der Waals surface area contributed by atoms with Crippen LogP contribution in [0.5, 0.6) is 0 Å². The van der Waals surface area contributed by atoms with Crippen molar-refractivity contribution in [3.63, 3.8) is 0 Å². The van der Waals surface area contributed by atoms with Gasteiger partial charge >= 0.3 is 0 Å². The van der Waals surface area contributed by atoms with E-state index in [0.29, 0.717) is 16.8 Å². The summed E-state index contributed by atoms with van der Waals surface area (Å²) in [7, 11) is -3.54. The summed E-state index contributed by atoms with van der Waals surface area (Å²) in [5.41, 5.74) is 6.06. The summed E-state index contributed by atoms with van der Waals surface area (Å²) in [4.78, 5) is 0.168. The molecule has 0 aliphatic rings. The molecular weight excluding hydrogens is 320 g/mol. The molecule has 0 aromatic heterocycles. The lowest BCUT2D eigenvalue weighted by atomic mass is 10.3. The van der Waals surface area contributed by atoms with E-state index in [0.717, 1.165) is 0 Å². The molecule has 0 bridgehead atoms. The minimum Gasteiger partial charge on any atom is -0.399 e. The van der Waals surface area contributed by atoms with Crippen molar-refractivity contribution in [3.8, 4) is 0 Å². The molecular formula is C11H17BrN2O3S. The number of benzene rings is 1. The van der Waals surface area contributed by atoms with E-state index in [-0.39, 0.29) is 17.5 Å². The van der Waals surface area contributed by atoms with E-state index in [1.54, 1.807) is 12.1 Å². The van der Waals surface area contributed by atoms with E-state index < -0.39 is 10.0 Å². The van der Waals surface area contributed by atoms with Crippen molar-refractivity contribution in [3.05, 3.63) is 22.7 Å². The minimum atomic E-state index is -3.54. The Morgan fingerprint density at radius 1 is 1.44 bits per heavy atom. The van der Waals surface area contributed by atoms with Crippen LogP contribution in [0.2, 0.25) is 0 Å². The standard InChI is InChI=1S/C11H17BrN2O3S/c1-8(2)17-6-5-14-18(15,16)11-4-3-9(13)7-10(11)12/h3-4,7-8,14H,5-6,13H2,1-2H3. The van der Waals surface area contributed by atoms with Crippen LogP contribution in [0.15, 0.2) is 27.6 Å². The number of anilines is 1. The Hall–Kier alpha value is -0.630. The molecule has 18 heavy (non-hydrogen) atoms. The largest absolute Gasteiger partial charge is 0.399 e. The molecule has 102 valence electrons. The summed E-state index contributed by atoms with van der Waals surface area (Å²) in [5, 5.41) is 0. The van der Waals surface area contributed by atoms with Crippen LogP contribution < -0.4 is 10.5 Å². The third kappa shape index (κ3) is 4.56. The lowest BCUT2D eigenvalue weighted by Gasteiger charge is -2.10. The molecule has 0 saturated heterocycles. The first-order valence-corrected chi connectivity index (χ1v) is 7.77. The zero-order valence-electron chi connectivity index (χ0n) is 10.3. The fourth-order valence-electron chi connectivity index (χ4n) is 1.28. The van der Waals surface area contributed by atoms with Crippen molar-refractivity contribution >= 4 is 31.6 Å². The third-order valence-corrected chi connectivity index (χ3v) is 4.53. The fourth-order valence-corrected chi connectivity index (χ4v) is 3.39. The van der Waals surface area contributed by atoms with Gasteiger partial charge in [0.1, 0.15) is 0 Å². The second-order valence-corrected chi connectivity index (χ2v) is 6.60. The van der Waals surface area contributed by atoms with Gasteiger partial charge in [0.25, 0.3) is 0 Å². The van der Waals surface area contributed by atoms with Gasteiger partial charge < -0.3 is 10.5 Å². The van der Waals surface area contributed by atoms with Gasteiger partial charge in [0.15, 0.2) is 0 Å². The van der Waals surface area contributed by atoms with E-state index in [9.17, 15) is 8.42 Å². The van der Waals surface area contributed by atoms with Gasteiger partial charge in [-0.05, 0) is 48.0 Å². The molecule has 0 aliphatic carbocycles. The van der Waals surface area contributed by atoms with Gasteiger partial charge in [-0.15, -0.1) is 0 Å². The number of ether oxygens (including phenoxy) is 1. The highest BCUT2D eigenvalue weighted by Gasteiger charge is 2.16. The second-order valence-electron chi connectivity index (χ2n) is 4.01. The zero-order chi connectivity index (χ0) is 13.8. The van der Waals surface area contributed by atoms with Crippen LogP contribution in [-0.2, 0) is 14.8 Å². The van der Waals surface area contributed by atoms with Crippen LogP contribution in [0, 0.1) is 0 Å². The maximum atomic E-state index is 12.0. The number of nitrogen functional groups attached to an aromatic ring is 1. The number of halogens is 1. The number of sulfonamides is 1. The van der Waals surface area contributed by atoms with Crippen LogP contribution in [0.3, 0.4) is 0 Å². The molecule has 1 aromatic rings. The molecule has 7 heteroatoms. The van der Waals surface area contributed by atoms with Gasteiger partial charge in [0, 0.05) is 16.7 Å². The molecule has 1 rings (SSSR count). The number of nitrogens with one attached hydrogen (secondary N) is 1. The average molecular weight is 337 g/mol. The van der Waals surface area contributed by atoms with Crippen LogP contribution in [0.1, 0.15) is 13.8 Å². The third-order valence-electron chi connectivity index (χ3n) is 2.09. The normalized spacial score (nSPS) is 12.0. The van der Waals surface area contributed by atoms with Gasteiger partial charge in [-0.25, -0.2) is 13.1 Å². The van der Waals surface area contributed by atoms with Gasteiger partial charge in [-0.1, -0.05) is 0 Å². The van der Waals surface area contributed by atoms with Gasteiger partial charge in [-0.3, -0.25) is 0 Å². The summed E-state index contributed by atoms with van der Waals surface area (Å²) < 4.78 is 32.1. The van der Waals surface area contributed by atoms with E-state index in [4.69, 9.17) is 10.5 Å². The monoisotopic (exact) mass is 336 g/mol. The van der Waals surface area contributed by atoms with Crippen molar-refractivity contribution in [2.24, 2.45) is 0 Å². The Morgan fingerprint density at radius 2 is 2.11 bits per heavy atom. The van der Waals surface area contributed by atoms with E-state index in [2.05, 4.69) is 20.7 Å². The van der Waals surface area contributed by atoms with Gasteiger partial charge in [-0.2, -0.15) is 0 Å². The molecule has 0 aliphatic heterocycles. The van der Waals surface area contributed by atoms with Crippen LogP contribution in [0.25, 0.3) is 0 Å². The molecule has 0 heterocycles. The Morgan fingerprint density at radius 3 is 2.67 bits per heavy atom. The van der Waals surface area contributed by atoms with Crippen LogP contribution >= 0.6 is 15.9 Å². The summed E-state index contributed by atoms with van der Waals surface area (Å²) in [5.74, 6) is 0. The van der Waals surface area contributed by atoms with E-state index in [1.165, 1.54) is 6.07 Å². The molecule has 5 nitrogen and oxygen atoms in total. The van der Waals surface area contributed by atoms with Crippen molar-refractivity contribution in [1.29, 1.82) is 0 Å². The molecule has 0 radical (unpaired) electrons. The Kier molecular flexibility index (Phi) is 5.58. The lowest BCUT2D eigenvalue weighted by Crippen LogP contribution is -2.28. The first kappa shape index (κ1) is 15.4. The SMILES string of the molecule is CC(C)OCCNS(=O)(=O)c1ccc(N)cc1Br. The van der Waals surface area contributed by atoms with E-state index >= 15 is 0 Å². The summed E-state index contributed by atoms with van der Waals surface area (Å²) >= 11 is 3.18. The maximum absolute atomic E-state index is 12.0. The number of nitrogens with two attached hydrogens (primary N) is 1. The molecule has 0 unspecified atom stereocenters. The highest BCUT2D eigenvalue weighted by Crippen LogP contribution is 2.23. The smallest absolute Gasteiger partial charge is 0.241 e. The molecule has 0 atom stereocenters. The molecule has 0 spiro atoms. The van der Waals surface area contributed by atoms with Crippen molar-refractivity contribution in [2.75, 3.05) is 18.9 Å². The van der Waals surface area contributed by atoms with Crippen molar-refractivity contribution in [1.82, 2.24) is 4.72 Å². The quantitative estimate of drug-likeness (QED) is 0.612. The predicted molar refractivity (Wildman–Crippen MR) is 74.8 cm³/mol. The minimum absolute atomic E-state index is 0.0813. The Balaban J connectivity index is 2.69. The van der Waals surface area contributed by atoms with Crippen LogP contribution in [0.4, 0.5) is 5.69 Å². The van der Waals surface area contributed by atoms with Crippen molar-refractivity contribution < 1.29 is 13.2 Å². The summed E-state index contributed by atoms with van der Waals surface area (Å²) in [6.45, 7) is 4.36. The van der Waals surface area contributed by atoms with Crippen molar-refractivity contribution in [2.45, 2.75) is 24.8 Å². The fraction of sp³-hybridized carbons (Fsp3) is 0.455. The Labute approximate surface area is 116 Å². The van der Waals surface area contributed by atoms with Gasteiger partial charge in [0.2, 0.25) is 10.0 Å². The van der Waals surface area contributed by atoms with Crippen LogP contribution in [-0.4, -0.2) is 27.7 Å². The average Bonchev–Trinajstić information content (AvgIpc) is 2.23. The van der Waals surface area contributed by atoms with Gasteiger partial charge in [0.05, 0.1) is 17.6 Å². The number of hydrogen-bond acceptors (Lipinski definition) is 4. The lowest BCUT2D eigenvalue weighted by molar-refractivity contribution is 0.0834. The Bertz CT molecular complexity index is 503. The molecule has 3 N–H and O–H groups in total. The number of hydrogen-bond donors (Lipinski definition) is 2. The topological polar surface area (TPSA) is 81.4 Å². The summed E-state index contributed by atoms with van der Waals surface area (Å²) in [6.07, 6.45) is 0.0813. The number of rotatable bonds is 6. The highest BCUT2D eigenvalue weighted by atomic mass is 79.9. The first-order valence-electron chi connectivity index (χ1n) is 5.49. The second kappa shape index (κ2) is 6.51. The molecule has 0 fully saturated rings.